The van der Waals surface area contributed by atoms with Gasteiger partial charge in [0, 0.05) is 0 Å². The molecule has 1 aliphatic rings. The molecule has 2 atom stereocenters. The summed E-state index contributed by atoms with van der Waals surface area (Å²) >= 11 is 0. The molecule has 0 saturated carbocycles. The molecule has 48 valence electrons. The van der Waals surface area contributed by atoms with Gasteiger partial charge in [-0.05, 0) is 6.92 Å². The van der Waals surface area contributed by atoms with Crippen LogP contribution in [0.25, 0.3) is 0 Å². The fourth-order valence-corrected chi connectivity index (χ4v) is 1.46. The maximum atomic E-state index is 10.3. The first kappa shape index (κ1) is 6.23. The summed E-state index contributed by atoms with van der Waals surface area (Å²) in [6.07, 6.45) is -0.245. The van der Waals surface area contributed by atoms with E-state index < -0.39 is 7.82 Å². The lowest BCUT2D eigenvalue weighted by Crippen LogP contribution is -1.99. The summed E-state index contributed by atoms with van der Waals surface area (Å²) in [5, 5.41) is 0. The number of phosphoric acid groups is 1. The van der Waals surface area contributed by atoms with Gasteiger partial charge < -0.3 is 4.89 Å². The van der Waals surface area contributed by atoms with Crippen LogP contribution in [-0.4, -0.2) is 17.6 Å². The average Bonchev–Trinajstić information content (AvgIpc) is 1.82. The van der Waals surface area contributed by atoms with E-state index in [1.165, 1.54) is 0 Å². The zero-order chi connectivity index (χ0) is 6.20. The van der Waals surface area contributed by atoms with E-state index in [1.54, 1.807) is 6.92 Å². The smallest absolute Gasteiger partial charge is 0.302 e. The fraction of sp³-hybridized carbons (Fsp3) is 1.00. The van der Waals surface area contributed by atoms with Gasteiger partial charge >= 0.3 is 7.82 Å². The Bertz CT molecular complexity index is 133. The molecule has 0 amide bonds. The Morgan fingerprint density at radius 1 is 1.88 bits per heavy atom. The maximum absolute atomic E-state index is 10.3. The Labute approximate surface area is 47.0 Å². The number of phosphoric ester groups is 1. The molecule has 1 rings (SSSR count). The molecule has 4 nitrogen and oxygen atoms in total. The Balaban J connectivity index is 2.57. The Morgan fingerprint density at radius 2 is 2.50 bits per heavy atom. The standard InChI is InChI=1S/C3H7O4P/c1-3-2-6-8(4,5)7-3/h3H,2H2,1H3,(H,4,5). The molecule has 0 aromatic carbocycles. The lowest BCUT2D eigenvalue weighted by atomic mass is 10.5. The van der Waals surface area contributed by atoms with E-state index >= 15 is 0 Å². The zero-order valence-corrected chi connectivity index (χ0v) is 5.30. The van der Waals surface area contributed by atoms with Crippen LogP contribution in [0.15, 0.2) is 0 Å². The van der Waals surface area contributed by atoms with Gasteiger partial charge in [0.05, 0.1) is 12.7 Å². The van der Waals surface area contributed by atoms with Gasteiger partial charge in [-0.25, -0.2) is 4.57 Å². The predicted octanol–water partition coefficient (Wildman–Crippen LogP) is 0.522. The van der Waals surface area contributed by atoms with E-state index in [9.17, 15) is 4.57 Å². The molecule has 0 bridgehead atoms. The normalized spacial score (nSPS) is 47.5. The lowest BCUT2D eigenvalue weighted by Gasteiger charge is -1.97. The van der Waals surface area contributed by atoms with Gasteiger partial charge in [0.1, 0.15) is 0 Å². The molecule has 1 heterocycles. The molecule has 0 aromatic rings. The van der Waals surface area contributed by atoms with Crippen LogP contribution in [0, 0.1) is 0 Å². The van der Waals surface area contributed by atoms with Crippen molar-refractivity contribution in [1.29, 1.82) is 0 Å². The molecule has 0 spiro atoms. The Kier molecular flexibility index (Phi) is 1.41. The third kappa shape index (κ3) is 1.29. The van der Waals surface area contributed by atoms with Crippen LogP contribution in [0.2, 0.25) is 0 Å². The van der Waals surface area contributed by atoms with Crippen molar-refractivity contribution >= 4 is 7.82 Å². The Morgan fingerprint density at radius 3 is 2.62 bits per heavy atom. The summed E-state index contributed by atoms with van der Waals surface area (Å²) in [6.45, 7) is 1.89. The second kappa shape index (κ2) is 1.81. The van der Waals surface area contributed by atoms with E-state index in [0.29, 0.717) is 0 Å². The molecule has 8 heavy (non-hydrogen) atoms. The van der Waals surface area contributed by atoms with E-state index in [2.05, 4.69) is 9.05 Å². The summed E-state index contributed by atoms with van der Waals surface area (Å²) in [6, 6.07) is 0. The molecule has 0 aliphatic carbocycles. The minimum atomic E-state index is -3.60. The van der Waals surface area contributed by atoms with Crippen molar-refractivity contribution in [3.8, 4) is 0 Å². The summed E-state index contributed by atoms with van der Waals surface area (Å²) in [5.41, 5.74) is 0. The molecule has 1 N–H and O–H groups in total. The number of hydrogen-bond donors (Lipinski definition) is 1. The molecule has 1 aliphatic heterocycles. The van der Waals surface area contributed by atoms with Gasteiger partial charge in [-0.15, -0.1) is 0 Å². The van der Waals surface area contributed by atoms with E-state index in [1.807, 2.05) is 0 Å². The molecular formula is C3H7O4P. The first-order valence-electron chi connectivity index (χ1n) is 2.26. The van der Waals surface area contributed by atoms with E-state index in [4.69, 9.17) is 4.89 Å². The maximum Gasteiger partial charge on any atom is 0.472 e. The van der Waals surface area contributed by atoms with Gasteiger partial charge in [-0.2, -0.15) is 0 Å². The monoisotopic (exact) mass is 138 g/mol. The summed E-state index contributed by atoms with van der Waals surface area (Å²) in [7, 11) is -3.60. The molecule has 2 unspecified atom stereocenters. The second-order valence-electron chi connectivity index (χ2n) is 1.68. The van der Waals surface area contributed by atoms with Crippen LogP contribution >= 0.6 is 7.82 Å². The highest BCUT2D eigenvalue weighted by Gasteiger charge is 2.32. The SMILES string of the molecule is CC1COP(=O)(O)O1. The quantitative estimate of drug-likeness (QED) is 0.496. The number of hydrogen-bond acceptors (Lipinski definition) is 3. The van der Waals surface area contributed by atoms with Gasteiger partial charge in [0.25, 0.3) is 0 Å². The minimum absolute atomic E-state index is 0.216. The Hall–Kier alpha value is 0.110. The van der Waals surface area contributed by atoms with Crippen molar-refractivity contribution in [3.05, 3.63) is 0 Å². The van der Waals surface area contributed by atoms with E-state index in [-0.39, 0.29) is 12.7 Å². The van der Waals surface area contributed by atoms with Gasteiger partial charge in [0.15, 0.2) is 0 Å². The molecule has 1 fully saturated rings. The highest BCUT2D eigenvalue weighted by molar-refractivity contribution is 7.47. The summed E-state index contributed by atoms with van der Waals surface area (Å²) in [5.74, 6) is 0. The topological polar surface area (TPSA) is 55.8 Å². The van der Waals surface area contributed by atoms with Crippen molar-refractivity contribution in [2.75, 3.05) is 6.61 Å². The average molecular weight is 138 g/mol. The van der Waals surface area contributed by atoms with Gasteiger partial charge in [-0.1, -0.05) is 0 Å². The second-order valence-corrected chi connectivity index (χ2v) is 3.09. The van der Waals surface area contributed by atoms with Gasteiger partial charge in [-0.3, -0.25) is 9.05 Å². The highest BCUT2D eigenvalue weighted by atomic mass is 31.2. The molecular weight excluding hydrogens is 131 g/mol. The van der Waals surface area contributed by atoms with Crippen LogP contribution in [-0.2, 0) is 13.6 Å². The minimum Gasteiger partial charge on any atom is -0.302 e. The van der Waals surface area contributed by atoms with E-state index in [0.717, 1.165) is 0 Å². The first-order valence-corrected chi connectivity index (χ1v) is 3.75. The lowest BCUT2D eigenvalue weighted by molar-refractivity contribution is 0.230. The van der Waals surface area contributed by atoms with Crippen molar-refractivity contribution in [3.63, 3.8) is 0 Å². The van der Waals surface area contributed by atoms with Crippen LogP contribution in [0.3, 0.4) is 0 Å². The van der Waals surface area contributed by atoms with Crippen LogP contribution in [0.4, 0.5) is 0 Å². The predicted molar refractivity (Wildman–Crippen MR) is 26.3 cm³/mol. The fourth-order valence-electron chi connectivity index (χ4n) is 0.487. The van der Waals surface area contributed by atoms with Crippen LogP contribution in [0.5, 0.6) is 0 Å². The highest BCUT2D eigenvalue weighted by Crippen LogP contribution is 2.49. The van der Waals surface area contributed by atoms with Crippen LogP contribution < -0.4 is 0 Å². The van der Waals surface area contributed by atoms with Gasteiger partial charge in [0.2, 0.25) is 0 Å². The van der Waals surface area contributed by atoms with Crippen molar-refractivity contribution in [2.45, 2.75) is 13.0 Å². The van der Waals surface area contributed by atoms with Crippen LogP contribution in [0.1, 0.15) is 6.92 Å². The third-order valence-electron chi connectivity index (χ3n) is 0.786. The molecule has 0 radical (unpaired) electrons. The third-order valence-corrected chi connectivity index (χ3v) is 1.89. The number of rotatable bonds is 0. The first-order chi connectivity index (χ1) is 3.60. The summed E-state index contributed by atoms with van der Waals surface area (Å²) < 4.78 is 19.1. The zero-order valence-electron chi connectivity index (χ0n) is 4.40. The largest absolute Gasteiger partial charge is 0.472 e. The molecule has 1 saturated heterocycles. The molecule has 5 heteroatoms. The van der Waals surface area contributed by atoms with Crippen molar-refractivity contribution in [1.82, 2.24) is 0 Å². The summed E-state index contributed by atoms with van der Waals surface area (Å²) in [4.78, 5) is 8.48. The molecule has 0 aromatic heterocycles. The van der Waals surface area contributed by atoms with Crippen molar-refractivity contribution < 1.29 is 18.5 Å². The van der Waals surface area contributed by atoms with Crippen molar-refractivity contribution in [2.24, 2.45) is 0 Å².